The molecule has 11 heteroatoms. The molecule has 164 valence electrons. The molecule has 3 aromatic rings. The summed E-state index contributed by atoms with van der Waals surface area (Å²) in [5, 5.41) is 4.59. The second-order valence-electron chi connectivity index (χ2n) is 6.49. The molecule has 1 aromatic heterocycles. The van der Waals surface area contributed by atoms with Crippen molar-refractivity contribution in [1.29, 1.82) is 0 Å². The average Bonchev–Trinajstić information content (AvgIpc) is 3.21. The molecule has 0 unspecified atom stereocenters. The third-order valence-electron chi connectivity index (χ3n) is 4.36. The van der Waals surface area contributed by atoms with Crippen LogP contribution in [0.3, 0.4) is 0 Å². The SMILES string of the molecule is COc1ccc(-c2csc(NC(=O)c3ccc(OC)c(S(=O)(=O)N(C)C)c3)n2)cc1F. The molecule has 8 nitrogen and oxygen atoms in total. The van der Waals surface area contributed by atoms with Crippen molar-refractivity contribution in [3.63, 3.8) is 0 Å². The van der Waals surface area contributed by atoms with Gasteiger partial charge in [0.15, 0.2) is 16.7 Å². The van der Waals surface area contributed by atoms with Crippen LogP contribution in [0, 0.1) is 5.82 Å². The largest absolute Gasteiger partial charge is 0.495 e. The smallest absolute Gasteiger partial charge is 0.257 e. The number of rotatable bonds is 7. The number of amides is 1. The number of thiazole rings is 1. The Kier molecular flexibility index (Phi) is 6.58. The zero-order chi connectivity index (χ0) is 22.8. The zero-order valence-corrected chi connectivity index (χ0v) is 18.8. The van der Waals surface area contributed by atoms with Crippen LogP contribution in [0.5, 0.6) is 11.5 Å². The molecule has 3 rings (SSSR count). The normalized spacial score (nSPS) is 11.4. The van der Waals surface area contributed by atoms with E-state index in [0.717, 1.165) is 15.6 Å². The Balaban J connectivity index is 1.85. The fourth-order valence-electron chi connectivity index (χ4n) is 2.67. The topological polar surface area (TPSA) is 97.8 Å². The molecule has 0 saturated heterocycles. The number of carbonyl (C=O) groups excluding carboxylic acids is 1. The third-order valence-corrected chi connectivity index (χ3v) is 6.95. The van der Waals surface area contributed by atoms with E-state index in [0.29, 0.717) is 11.3 Å². The van der Waals surface area contributed by atoms with E-state index in [9.17, 15) is 17.6 Å². The van der Waals surface area contributed by atoms with Crippen LogP contribution in [0.2, 0.25) is 0 Å². The summed E-state index contributed by atoms with van der Waals surface area (Å²) in [6, 6.07) is 8.56. The van der Waals surface area contributed by atoms with E-state index in [-0.39, 0.29) is 27.1 Å². The molecule has 0 aliphatic carbocycles. The minimum atomic E-state index is -3.82. The van der Waals surface area contributed by atoms with Gasteiger partial charge < -0.3 is 9.47 Å². The number of hydrogen-bond acceptors (Lipinski definition) is 7. The first-order chi connectivity index (χ1) is 14.7. The Bertz CT molecular complexity index is 1230. The first-order valence-electron chi connectivity index (χ1n) is 8.88. The molecule has 0 radical (unpaired) electrons. The molecule has 0 aliphatic rings. The number of aromatic nitrogens is 1. The molecule has 2 aromatic carbocycles. The number of ether oxygens (including phenoxy) is 2. The summed E-state index contributed by atoms with van der Waals surface area (Å²) in [4.78, 5) is 16.9. The van der Waals surface area contributed by atoms with E-state index >= 15 is 0 Å². The fourth-order valence-corrected chi connectivity index (χ4v) is 4.46. The van der Waals surface area contributed by atoms with Gasteiger partial charge in [-0.05, 0) is 36.4 Å². The minimum absolute atomic E-state index is 0.119. The van der Waals surface area contributed by atoms with Crippen molar-refractivity contribution in [2.75, 3.05) is 33.6 Å². The summed E-state index contributed by atoms with van der Waals surface area (Å²) in [5.41, 5.74) is 1.12. The van der Waals surface area contributed by atoms with E-state index in [1.54, 1.807) is 11.4 Å². The molecule has 1 heterocycles. The Labute approximate surface area is 183 Å². The predicted octanol–water partition coefficient (Wildman–Crippen LogP) is 3.47. The highest BCUT2D eigenvalue weighted by molar-refractivity contribution is 7.89. The maximum absolute atomic E-state index is 13.9. The van der Waals surface area contributed by atoms with Gasteiger partial charge in [0.25, 0.3) is 5.91 Å². The summed E-state index contributed by atoms with van der Waals surface area (Å²) < 4.78 is 50.1. The van der Waals surface area contributed by atoms with Gasteiger partial charge in [-0.15, -0.1) is 11.3 Å². The van der Waals surface area contributed by atoms with E-state index < -0.39 is 21.7 Å². The second kappa shape index (κ2) is 9.00. The van der Waals surface area contributed by atoms with Gasteiger partial charge in [0.1, 0.15) is 10.6 Å². The van der Waals surface area contributed by atoms with Crippen molar-refractivity contribution in [2.45, 2.75) is 4.90 Å². The summed E-state index contributed by atoms with van der Waals surface area (Å²) in [7, 11) is 1.69. The van der Waals surface area contributed by atoms with Gasteiger partial charge in [-0.2, -0.15) is 0 Å². The molecule has 0 aliphatic heterocycles. The second-order valence-corrected chi connectivity index (χ2v) is 9.47. The van der Waals surface area contributed by atoms with Gasteiger partial charge in [-0.25, -0.2) is 22.1 Å². The molecule has 0 spiro atoms. The zero-order valence-electron chi connectivity index (χ0n) is 17.2. The van der Waals surface area contributed by atoms with E-state index in [1.165, 1.54) is 58.6 Å². The van der Waals surface area contributed by atoms with Gasteiger partial charge >= 0.3 is 0 Å². The molecular weight excluding hydrogens is 445 g/mol. The Morgan fingerprint density at radius 3 is 2.39 bits per heavy atom. The lowest BCUT2D eigenvalue weighted by atomic mass is 10.1. The number of hydrogen-bond donors (Lipinski definition) is 1. The molecule has 0 saturated carbocycles. The van der Waals surface area contributed by atoms with Crippen molar-refractivity contribution < 1.29 is 27.1 Å². The van der Waals surface area contributed by atoms with E-state index in [1.807, 2.05) is 0 Å². The Hall–Kier alpha value is -3.02. The van der Waals surface area contributed by atoms with Crippen molar-refractivity contribution in [3.05, 3.63) is 53.2 Å². The number of benzene rings is 2. The summed E-state index contributed by atoms with van der Waals surface area (Å²) in [6.07, 6.45) is 0. The van der Waals surface area contributed by atoms with Crippen LogP contribution in [0.25, 0.3) is 11.3 Å². The lowest BCUT2D eigenvalue weighted by Crippen LogP contribution is -2.23. The average molecular weight is 466 g/mol. The molecule has 1 amide bonds. The van der Waals surface area contributed by atoms with Crippen molar-refractivity contribution in [2.24, 2.45) is 0 Å². The number of nitrogens with zero attached hydrogens (tertiary/aromatic N) is 2. The highest BCUT2D eigenvalue weighted by Crippen LogP contribution is 2.30. The van der Waals surface area contributed by atoms with Gasteiger partial charge in [-0.3, -0.25) is 10.1 Å². The van der Waals surface area contributed by atoms with E-state index in [2.05, 4.69) is 10.3 Å². The summed E-state index contributed by atoms with van der Waals surface area (Å²) >= 11 is 1.16. The van der Waals surface area contributed by atoms with Crippen LogP contribution in [0.1, 0.15) is 10.4 Å². The van der Waals surface area contributed by atoms with Crippen molar-refractivity contribution >= 4 is 32.4 Å². The van der Waals surface area contributed by atoms with Gasteiger partial charge in [-0.1, -0.05) is 0 Å². The monoisotopic (exact) mass is 465 g/mol. The number of methoxy groups -OCH3 is 2. The van der Waals surface area contributed by atoms with Crippen molar-refractivity contribution in [3.8, 4) is 22.8 Å². The predicted molar refractivity (Wildman–Crippen MR) is 116 cm³/mol. The fraction of sp³-hybridized carbons (Fsp3) is 0.200. The molecule has 1 N–H and O–H groups in total. The van der Waals surface area contributed by atoms with Gasteiger partial charge in [0.05, 0.1) is 19.9 Å². The maximum Gasteiger partial charge on any atom is 0.257 e. The van der Waals surface area contributed by atoms with Crippen LogP contribution in [0.15, 0.2) is 46.7 Å². The van der Waals surface area contributed by atoms with Gasteiger partial charge in [0, 0.05) is 30.6 Å². The van der Waals surface area contributed by atoms with Crippen molar-refractivity contribution in [1.82, 2.24) is 9.29 Å². The first-order valence-corrected chi connectivity index (χ1v) is 11.2. The van der Waals surface area contributed by atoms with Crippen LogP contribution in [0.4, 0.5) is 9.52 Å². The quantitative estimate of drug-likeness (QED) is 0.574. The van der Waals surface area contributed by atoms with E-state index in [4.69, 9.17) is 9.47 Å². The summed E-state index contributed by atoms with van der Waals surface area (Å²) in [5.74, 6) is -0.815. The minimum Gasteiger partial charge on any atom is -0.495 e. The van der Waals surface area contributed by atoms with Crippen LogP contribution >= 0.6 is 11.3 Å². The molecule has 0 bridgehead atoms. The van der Waals surface area contributed by atoms with Crippen LogP contribution in [-0.2, 0) is 10.0 Å². The number of halogens is 1. The van der Waals surface area contributed by atoms with Crippen LogP contribution < -0.4 is 14.8 Å². The number of carbonyl (C=O) groups is 1. The molecular formula is C20H20FN3O5S2. The molecule has 31 heavy (non-hydrogen) atoms. The number of anilines is 1. The maximum atomic E-state index is 13.9. The van der Waals surface area contributed by atoms with Gasteiger partial charge in [0.2, 0.25) is 10.0 Å². The Morgan fingerprint density at radius 2 is 1.77 bits per heavy atom. The highest BCUT2D eigenvalue weighted by Gasteiger charge is 2.24. The molecule has 0 atom stereocenters. The number of sulfonamides is 1. The number of nitrogens with one attached hydrogen (secondary N) is 1. The summed E-state index contributed by atoms with van der Waals surface area (Å²) in [6.45, 7) is 0. The highest BCUT2D eigenvalue weighted by atomic mass is 32.2. The van der Waals surface area contributed by atoms with Crippen LogP contribution in [-0.4, -0.2) is 51.9 Å². The lowest BCUT2D eigenvalue weighted by Gasteiger charge is -2.15. The first kappa shape index (κ1) is 22.7. The standard InChI is InChI=1S/C20H20FN3O5S2/c1-24(2)31(26,27)18-10-13(6-8-17(18)29-4)19(25)23-20-22-15(11-30-20)12-5-7-16(28-3)14(21)9-12/h5-11H,1-4H3,(H,22,23,25). The Morgan fingerprint density at radius 1 is 1.10 bits per heavy atom. The lowest BCUT2D eigenvalue weighted by molar-refractivity contribution is 0.102. The third kappa shape index (κ3) is 4.68. The molecule has 0 fully saturated rings.